The lowest BCUT2D eigenvalue weighted by Gasteiger charge is -2.09. The average molecular weight is 258 g/mol. The van der Waals surface area contributed by atoms with Gasteiger partial charge in [-0.2, -0.15) is 11.8 Å². The summed E-state index contributed by atoms with van der Waals surface area (Å²) in [6, 6.07) is 0.123. The van der Waals surface area contributed by atoms with E-state index < -0.39 is 0 Å². The molecule has 0 aromatic carbocycles. The molecule has 1 fully saturated rings. The van der Waals surface area contributed by atoms with Crippen molar-refractivity contribution in [3.63, 3.8) is 0 Å². The Morgan fingerprint density at radius 2 is 2.50 bits per heavy atom. The van der Waals surface area contributed by atoms with Gasteiger partial charge in [-0.05, 0) is 12.2 Å². The highest BCUT2D eigenvalue weighted by Gasteiger charge is 2.28. The maximum absolute atomic E-state index is 5.98. The summed E-state index contributed by atoms with van der Waals surface area (Å²) in [4.78, 5) is 4.65. The Balaban J connectivity index is 1.91. The van der Waals surface area contributed by atoms with Crippen LogP contribution in [-0.4, -0.2) is 30.0 Å². The molecule has 2 atom stereocenters. The van der Waals surface area contributed by atoms with Gasteiger partial charge in [-0.1, -0.05) is 6.92 Å². The maximum atomic E-state index is 5.98. The molecule has 5 heteroatoms. The molecule has 1 aromatic heterocycles. The van der Waals surface area contributed by atoms with Gasteiger partial charge < -0.3 is 10.5 Å². The van der Waals surface area contributed by atoms with Crippen molar-refractivity contribution >= 4 is 23.1 Å². The Bertz CT molecular complexity index is 330. The van der Waals surface area contributed by atoms with Gasteiger partial charge in [0.2, 0.25) is 0 Å². The van der Waals surface area contributed by atoms with Crippen molar-refractivity contribution in [2.45, 2.75) is 31.1 Å². The largest absolute Gasteiger partial charge is 0.379 e. The molecule has 3 nitrogen and oxygen atoms in total. The first-order valence-corrected chi connectivity index (χ1v) is 7.70. The van der Waals surface area contributed by atoms with Crippen LogP contribution < -0.4 is 5.73 Å². The number of nitrogens with two attached hydrogens (primary N) is 1. The Morgan fingerprint density at radius 1 is 1.62 bits per heavy atom. The number of aromatic nitrogens is 1. The van der Waals surface area contributed by atoms with Gasteiger partial charge in [0, 0.05) is 23.1 Å². The summed E-state index contributed by atoms with van der Waals surface area (Å²) in [6.45, 7) is 3.60. The van der Waals surface area contributed by atoms with Crippen LogP contribution in [0.25, 0.3) is 0 Å². The zero-order valence-corrected chi connectivity index (χ0v) is 11.1. The quantitative estimate of drug-likeness (QED) is 0.823. The number of thiazole rings is 1. The lowest BCUT2D eigenvalue weighted by Crippen LogP contribution is -2.27. The summed E-state index contributed by atoms with van der Waals surface area (Å²) in [5.74, 6) is 2.55. The van der Waals surface area contributed by atoms with Crippen LogP contribution in [0, 0.1) is 0 Å². The fourth-order valence-electron chi connectivity index (χ4n) is 1.74. The number of rotatable bonds is 5. The molecule has 1 aliphatic heterocycles. The zero-order chi connectivity index (χ0) is 11.4. The Hall–Kier alpha value is -0.100. The lowest BCUT2D eigenvalue weighted by molar-refractivity contribution is 0.190. The van der Waals surface area contributed by atoms with Crippen LogP contribution in [0.5, 0.6) is 0 Å². The molecular weight excluding hydrogens is 240 g/mol. The molecule has 1 aromatic rings. The van der Waals surface area contributed by atoms with E-state index in [1.165, 1.54) is 17.2 Å². The van der Waals surface area contributed by atoms with Crippen LogP contribution in [0.2, 0.25) is 0 Å². The number of hydrogen-bond acceptors (Lipinski definition) is 5. The van der Waals surface area contributed by atoms with Gasteiger partial charge in [-0.25, -0.2) is 4.98 Å². The lowest BCUT2D eigenvalue weighted by atomic mass is 10.0. The predicted molar refractivity (Wildman–Crippen MR) is 70.1 cm³/mol. The van der Waals surface area contributed by atoms with Gasteiger partial charge in [0.05, 0.1) is 18.9 Å². The van der Waals surface area contributed by atoms with E-state index in [-0.39, 0.29) is 6.04 Å². The van der Waals surface area contributed by atoms with Crippen molar-refractivity contribution < 1.29 is 4.74 Å². The van der Waals surface area contributed by atoms with Crippen molar-refractivity contribution in [3.05, 3.63) is 16.1 Å². The smallest absolute Gasteiger partial charge is 0.103 e. The van der Waals surface area contributed by atoms with Crippen molar-refractivity contribution in [1.82, 2.24) is 4.98 Å². The molecule has 1 aliphatic rings. The van der Waals surface area contributed by atoms with Crippen LogP contribution in [-0.2, 0) is 10.5 Å². The zero-order valence-electron chi connectivity index (χ0n) is 9.52. The number of ether oxygens (including phenoxy) is 1. The summed E-state index contributed by atoms with van der Waals surface area (Å²) in [6.07, 6.45) is 1.23. The minimum atomic E-state index is 0.123. The van der Waals surface area contributed by atoms with E-state index in [1.807, 2.05) is 11.8 Å². The van der Waals surface area contributed by atoms with Crippen LogP contribution in [0.15, 0.2) is 5.38 Å². The van der Waals surface area contributed by atoms with E-state index >= 15 is 0 Å². The van der Waals surface area contributed by atoms with Crippen LogP contribution in [0.4, 0.5) is 0 Å². The monoisotopic (exact) mass is 258 g/mol. The molecule has 0 radical (unpaired) electrons. The van der Waals surface area contributed by atoms with E-state index in [1.54, 1.807) is 11.3 Å². The van der Waals surface area contributed by atoms with Crippen molar-refractivity contribution in [1.29, 1.82) is 0 Å². The number of thioether (sulfide) groups is 1. The molecule has 2 rings (SSSR count). The third kappa shape index (κ3) is 2.97. The number of hydrogen-bond donors (Lipinski definition) is 1. The van der Waals surface area contributed by atoms with Crippen molar-refractivity contribution in [2.24, 2.45) is 5.73 Å². The molecule has 16 heavy (non-hydrogen) atoms. The minimum Gasteiger partial charge on any atom is -0.379 e. The van der Waals surface area contributed by atoms with Crippen LogP contribution in [0.3, 0.4) is 0 Å². The van der Waals surface area contributed by atoms with Gasteiger partial charge in [-0.3, -0.25) is 0 Å². The van der Waals surface area contributed by atoms with Gasteiger partial charge in [0.1, 0.15) is 5.01 Å². The van der Waals surface area contributed by atoms with E-state index in [2.05, 4.69) is 17.3 Å². The molecular formula is C11H18N2OS2. The SMILES string of the molecule is CCCSCc1nc(C2COCC2N)cs1. The van der Waals surface area contributed by atoms with E-state index in [0.29, 0.717) is 12.5 Å². The van der Waals surface area contributed by atoms with Crippen molar-refractivity contribution in [2.75, 3.05) is 19.0 Å². The number of nitrogens with zero attached hydrogens (tertiary/aromatic N) is 1. The topological polar surface area (TPSA) is 48.1 Å². The molecule has 90 valence electrons. The highest BCUT2D eigenvalue weighted by molar-refractivity contribution is 7.98. The Morgan fingerprint density at radius 3 is 3.19 bits per heavy atom. The molecule has 2 N–H and O–H groups in total. The first-order chi connectivity index (χ1) is 7.81. The molecule has 0 bridgehead atoms. The highest BCUT2D eigenvalue weighted by Crippen LogP contribution is 2.27. The van der Waals surface area contributed by atoms with Gasteiger partial charge in [0.15, 0.2) is 0 Å². The third-order valence-electron chi connectivity index (χ3n) is 2.65. The second-order valence-corrected chi connectivity index (χ2v) is 6.07. The first kappa shape index (κ1) is 12.4. The van der Waals surface area contributed by atoms with Gasteiger partial charge in [-0.15, -0.1) is 11.3 Å². The molecule has 0 spiro atoms. The van der Waals surface area contributed by atoms with E-state index in [4.69, 9.17) is 10.5 Å². The average Bonchev–Trinajstić information content (AvgIpc) is 2.87. The van der Waals surface area contributed by atoms with E-state index in [9.17, 15) is 0 Å². The van der Waals surface area contributed by atoms with Crippen LogP contribution in [0.1, 0.15) is 30.0 Å². The summed E-state index contributed by atoms with van der Waals surface area (Å²) in [7, 11) is 0. The molecule has 1 saturated heterocycles. The highest BCUT2D eigenvalue weighted by atomic mass is 32.2. The van der Waals surface area contributed by atoms with Crippen molar-refractivity contribution in [3.8, 4) is 0 Å². The standard InChI is InChI=1S/C11H18N2OS2/c1-2-3-15-7-11-13-10(6-16-11)8-4-14-5-9(8)12/h6,8-9H,2-5,7,12H2,1H3. The second kappa shape index (κ2) is 6.00. The Labute approximate surface area is 105 Å². The summed E-state index contributed by atoms with van der Waals surface area (Å²) in [5.41, 5.74) is 7.10. The third-order valence-corrected chi connectivity index (χ3v) is 4.87. The first-order valence-electron chi connectivity index (χ1n) is 5.66. The van der Waals surface area contributed by atoms with E-state index in [0.717, 1.165) is 18.1 Å². The van der Waals surface area contributed by atoms with Gasteiger partial charge in [0.25, 0.3) is 0 Å². The fourth-order valence-corrected chi connectivity index (χ4v) is 3.58. The second-order valence-electron chi connectivity index (χ2n) is 4.03. The predicted octanol–water partition coefficient (Wildman–Crippen LogP) is 2.23. The normalized spacial score (nSPS) is 25.1. The van der Waals surface area contributed by atoms with Crippen LogP contribution >= 0.6 is 23.1 Å². The van der Waals surface area contributed by atoms with Gasteiger partial charge >= 0.3 is 0 Å². The molecule has 0 amide bonds. The Kier molecular flexibility index (Phi) is 4.64. The molecule has 2 heterocycles. The maximum Gasteiger partial charge on any atom is 0.103 e. The molecule has 2 unspecified atom stereocenters. The molecule has 0 saturated carbocycles. The minimum absolute atomic E-state index is 0.123. The summed E-state index contributed by atoms with van der Waals surface area (Å²) < 4.78 is 5.37. The fraction of sp³-hybridized carbons (Fsp3) is 0.727. The summed E-state index contributed by atoms with van der Waals surface area (Å²) >= 11 is 3.69. The summed E-state index contributed by atoms with van der Waals surface area (Å²) in [5, 5.41) is 3.36. The molecule has 0 aliphatic carbocycles.